The molecule has 0 aliphatic heterocycles. The molecule has 0 amide bonds. The molecule has 0 heterocycles. The van der Waals surface area contributed by atoms with Crippen molar-refractivity contribution in [2.45, 2.75) is 45.4 Å². The minimum atomic E-state index is 0.363. The Kier molecular flexibility index (Phi) is 1.83. The first-order chi connectivity index (χ1) is 6.75. The van der Waals surface area contributed by atoms with Crippen LogP contribution in [0.4, 0.5) is 0 Å². The Morgan fingerprint density at radius 2 is 1.93 bits per heavy atom. The molecule has 4 rings (SSSR count). The topological polar surface area (TPSA) is 17.1 Å². The molecule has 1 saturated carbocycles. The smallest absolute Gasteiger partial charge is 0.140 e. The van der Waals surface area contributed by atoms with E-state index >= 15 is 0 Å². The van der Waals surface area contributed by atoms with E-state index in [2.05, 4.69) is 6.92 Å². The number of carbonyl (C=O) groups is 1. The van der Waals surface area contributed by atoms with E-state index in [-0.39, 0.29) is 0 Å². The lowest BCUT2D eigenvalue weighted by molar-refractivity contribution is -0.125. The summed E-state index contributed by atoms with van der Waals surface area (Å²) in [4.78, 5) is 11.8. The number of Topliss-reactive ketones (excluding diaryl/α,β-unsaturated/α-hetero) is 1. The van der Waals surface area contributed by atoms with E-state index in [0.717, 1.165) is 18.8 Å². The van der Waals surface area contributed by atoms with Crippen molar-refractivity contribution in [3.63, 3.8) is 0 Å². The van der Waals surface area contributed by atoms with Gasteiger partial charge in [0, 0.05) is 12.3 Å². The Morgan fingerprint density at radius 1 is 1.07 bits per heavy atom. The number of rotatable bonds is 0. The van der Waals surface area contributed by atoms with Crippen LogP contribution in [0.1, 0.15) is 45.4 Å². The minimum Gasteiger partial charge on any atom is -0.299 e. The lowest BCUT2D eigenvalue weighted by Crippen LogP contribution is -2.36. The lowest BCUT2D eigenvalue weighted by Gasteiger charge is -2.43. The molecule has 0 aromatic heterocycles. The van der Waals surface area contributed by atoms with Crippen LogP contribution in [0.25, 0.3) is 0 Å². The number of carbonyl (C=O) groups excluding carboxylic acids is 1. The van der Waals surface area contributed by atoms with Gasteiger partial charge in [0.25, 0.3) is 0 Å². The molecule has 0 aromatic rings. The molecule has 4 aliphatic rings. The summed E-state index contributed by atoms with van der Waals surface area (Å²) in [5, 5.41) is 0. The van der Waals surface area contributed by atoms with Gasteiger partial charge in [0.05, 0.1) is 0 Å². The standard InChI is InChI=1S/C13H18O/c1-8-2-4-10-11-5-3-9(7-13(11)14)12(10)6-8/h8-9,11H,2-7H2,1H3. The molecule has 1 heteroatoms. The molecule has 76 valence electrons. The van der Waals surface area contributed by atoms with Gasteiger partial charge in [-0.05, 0) is 43.9 Å². The highest BCUT2D eigenvalue weighted by molar-refractivity contribution is 5.87. The van der Waals surface area contributed by atoms with Gasteiger partial charge in [-0.15, -0.1) is 0 Å². The van der Waals surface area contributed by atoms with E-state index in [9.17, 15) is 4.79 Å². The largest absolute Gasteiger partial charge is 0.299 e. The van der Waals surface area contributed by atoms with Gasteiger partial charge >= 0.3 is 0 Å². The van der Waals surface area contributed by atoms with Gasteiger partial charge < -0.3 is 0 Å². The van der Waals surface area contributed by atoms with Crippen LogP contribution in [0.5, 0.6) is 0 Å². The van der Waals surface area contributed by atoms with Gasteiger partial charge in [-0.25, -0.2) is 0 Å². The third-order valence-corrected chi connectivity index (χ3v) is 4.44. The van der Waals surface area contributed by atoms with Crippen molar-refractivity contribution in [3.8, 4) is 0 Å². The molecule has 0 saturated heterocycles. The number of hydrogen-bond acceptors (Lipinski definition) is 1. The van der Waals surface area contributed by atoms with Crippen LogP contribution in [-0.4, -0.2) is 5.78 Å². The summed E-state index contributed by atoms with van der Waals surface area (Å²) in [5.41, 5.74) is 3.29. The summed E-state index contributed by atoms with van der Waals surface area (Å²) < 4.78 is 0. The zero-order valence-corrected chi connectivity index (χ0v) is 8.88. The third-order valence-electron chi connectivity index (χ3n) is 4.44. The average Bonchev–Trinajstić information content (AvgIpc) is 2.18. The van der Waals surface area contributed by atoms with E-state index in [4.69, 9.17) is 0 Å². The van der Waals surface area contributed by atoms with Crippen LogP contribution >= 0.6 is 0 Å². The number of ketones is 1. The number of hydrogen-bond donors (Lipinski definition) is 0. The van der Waals surface area contributed by atoms with Crippen LogP contribution in [0, 0.1) is 17.8 Å². The molecule has 0 aromatic carbocycles. The molecule has 3 atom stereocenters. The van der Waals surface area contributed by atoms with Gasteiger partial charge in [-0.2, -0.15) is 0 Å². The van der Waals surface area contributed by atoms with E-state index in [1.807, 2.05) is 0 Å². The van der Waals surface area contributed by atoms with Gasteiger partial charge in [0.15, 0.2) is 0 Å². The molecule has 4 aliphatic carbocycles. The highest BCUT2D eigenvalue weighted by atomic mass is 16.1. The first kappa shape index (κ1) is 8.70. The summed E-state index contributed by atoms with van der Waals surface area (Å²) in [6, 6.07) is 0. The normalized spacial score (nSPS) is 41.5. The average molecular weight is 190 g/mol. The minimum absolute atomic E-state index is 0.363. The Balaban J connectivity index is 2.01. The molecule has 1 fully saturated rings. The van der Waals surface area contributed by atoms with Crippen molar-refractivity contribution in [1.29, 1.82) is 0 Å². The molecule has 2 bridgehead atoms. The third kappa shape index (κ3) is 1.11. The summed E-state index contributed by atoms with van der Waals surface area (Å²) in [6.07, 6.45) is 7.16. The summed E-state index contributed by atoms with van der Waals surface area (Å²) >= 11 is 0. The van der Waals surface area contributed by atoms with Gasteiger partial charge in [0.1, 0.15) is 5.78 Å². The molecule has 0 radical (unpaired) electrons. The van der Waals surface area contributed by atoms with Gasteiger partial charge in [0.2, 0.25) is 0 Å². The van der Waals surface area contributed by atoms with Gasteiger partial charge in [-0.3, -0.25) is 4.79 Å². The van der Waals surface area contributed by atoms with Crippen molar-refractivity contribution in [1.82, 2.24) is 0 Å². The Bertz CT molecular complexity index is 313. The molecule has 1 nitrogen and oxygen atoms in total. The second-order valence-electron chi connectivity index (χ2n) is 5.40. The van der Waals surface area contributed by atoms with Crippen LogP contribution < -0.4 is 0 Å². The first-order valence-corrected chi connectivity index (χ1v) is 6.00. The number of fused-ring (bicyclic) bond motifs is 2. The fraction of sp³-hybridized carbons (Fsp3) is 0.769. The Labute approximate surface area is 85.6 Å². The Morgan fingerprint density at radius 3 is 2.71 bits per heavy atom. The predicted molar refractivity (Wildman–Crippen MR) is 55.9 cm³/mol. The second-order valence-corrected chi connectivity index (χ2v) is 5.40. The predicted octanol–water partition coefficient (Wildman–Crippen LogP) is 3.10. The first-order valence-electron chi connectivity index (χ1n) is 6.00. The molecule has 3 unspecified atom stereocenters. The van der Waals surface area contributed by atoms with Crippen molar-refractivity contribution >= 4 is 5.78 Å². The van der Waals surface area contributed by atoms with E-state index in [0.29, 0.717) is 17.6 Å². The van der Waals surface area contributed by atoms with Crippen molar-refractivity contribution in [3.05, 3.63) is 11.1 Å². The number of allylic oxidation sites excluding steroid dienone is 2. The van der Waals surface area contributed by atoms with Crippen molar-refractivity contribution in [2.75, 3.05) is 0 Å². The summed E-state index contributed by atoms with van der Waals surface area (Å²) in [6.45, 7) is 2.36. The van der Waals surface area contributed by atoms with Crippen LogP contribution in [0.2, 0.25) is 0 Å². The molecule has 14 heavy (non-hydrogen) atoms. The maximum Gasteiger partial charge on any atom is 0.140 e. The van der Waals surface area contributed by atoms with Gasteiger partial charge in [-0.1, -0.05) is 18.1 Å². The SMILES string of the molecule is CC1CCC2=C(C1)C1CCC2C(=O)C1. The summed E-state index contributed by atoms with van der Waals surface area (Å²) in [7, 11) is 0. The highest BCUT2D eigenvalue weighted by Crippen LogP contribution is 2.49. The second kappa shape index (κ2) is 2.95. The fourth-order valence-corrected chi connectivity index (χ4v) is 3.68. The quantitative estimate of drug-likeness (QED) is 0.536. The lowest BCUT2D eigenvalue weighted by atomic mass is 9.61. The maximum absolute atomic E-state index is 11.8. The van der Waals surface area contributed by atoms with E-state index in [1.165, 1.54) is 25.7 Å². The molecule has 0 N–H and O–H groups in total. The summed E-state index contributed by atoms with van der Waals surface area (Å²) in [5.74, 6) is 2.44. The van der Waals surface area contributed by atoms with Crippen LogP contribution in [-0.2, 0) is 4.79 Å². The van der Waals surface area contributed by atoms with Crippen molar-refractivity contribution < 1.29 is 4.79 Å². The Hall–Kier alpha value is -0.590. The zero-order chi connectivity index (χ0) is 9.71. The fourth-order valence-electron chi connectivity index (χ4n) is 3.68. The van der Waals surface area contributed by atoms with Crippen LogP contribution in [0.15, 0.2) is 11.1 Å². The van der Waals surface area contributed by atoms with Crippen LogP contribution in [0.3, 0.4) is 0 Å². The van der Waals surface area contributed by atoms with E-state index in [1.54, 1.807) is 11.1 Å². The maximum atomic E-state index is 11.8. The molecule has 0 spiro atoms. The zero-order valence-electron chi connectivity index (χ0n) is 8.88. The molecular formula is C13H18O. The monoisotopic (exact) mass is 190 g/mol. The molecular weight excluding hydrogens is 172 g/mol. The van der Waals surface area contributed by atoms with E-state index < -0.39 is 0 Å². The highest BCUT2D eigenvalue weighted by Gasteiger charge is 2.41. The van der Waals surface area contributed by atoms with Crippen molar-refractivity contribution in [2.24, 2.45) is 17.8 Å².